The molecule has 1 N–H and O–H groups in total. The maximum absolute atomic E-state index is 14.0. The van der Waals surface area contributed by atoms with Crippen LogP contribution in [0.2, 0.25) is 0 Å². The van der Waals surface area contributed by atoms with Crippen LogP contribution in [0.25, 0.3) is 11.1 Å². The number of benzene rings is 2. The number of nitrogens with zero attached hydrogens (tertiary/aromatic N) is 1. The molecule has 0 heterocycles. The van der Waals surface area contributed by atoms with Crippen LogP contribution in [0.3, 0.4) is 0 Å². The van der Waals surface area contributed by atoms with Crippen molar-refractivity contribution >= 4 is 12.1 Å². The quantitative estimate of drug-likeness (QED) is 0.363. The van der Waals surface area contributed by atoms with Gasteiger partial charge in [0.05, 0.1) is 17.9 Å². The van der Waals surface area contributed by atoms with Crippen LogP contribution >= 0.6 is 0 Å². The summed E-state index contributed by atoms with van der Waals surface area (Å²) in [5.74, 6) is -2.01. The molecule has 0 aliphatic rings. The number of hydrazone groups is 1. The van der Waals surface area contributed by atoms with Gasteiger partial charge in [-0.05, 0) is 23.8 Å². The summed E-state index contributed by atoms with van der Waals surface area (Å²) in [5.41, 5.74) is 0.0995. The molecule has 2 rings (SSSR count). The van der Waals surface area contributed by atoms with Crippen molar-refractivity contribution < 1.29 is 31.5 Å². The average molecular weight is 372 g/mol. The summed E-state index contributed by atoms with van der Waals surface area (Å²) >= 11 is 0. The monoisotopic (exact) mass is 372 g/mol. The van der Waals surface area contributed by atoms with Gasteiger partial charge in [0.1, 0.15) is 11.6 Å². The van der Waals surface area contributed by atoms with Crippen LogP contribution in [0.4, 0.5) is 22.0 Å². The van der Waals surface area contributed by atoms with E-state index < -0.39 is 28.9 Å². The standard InChI is InChI=1S/C17H13F5N2O2/c1-26-8-16(24-23-9-25)10-2-4-12(14(6-10)17(20,21)22)13-5-3-11(18)7-15(13)19/h2-7,9H,8H2,1H3,(H,23,25)/b24-16+. The van der Waals surface area contributed by atoms with E-state index in [1.54, 1.807) is 0 Å². The molecule has 0 aliphatic carbocycles. The minimum atomic E-state index is -4.80. The number of amides is 1. The van der Waals surface area contributed by atoms with Gasteiger partial charge in [-0.15, -0.1) is 0 Å². The summed E-state index contributed by atoms with van der Waals surface area (Å²) in [5, 5.41) is 3.64. The molecule has 0 aromatic heterocycles. The average Bonchev–Trinajstić information content (AvgIpc) is 2.57. The largest absolute Gasteiger partial charge is 0.417 e. The van der Waals surface area contributed by atoms with Gasteiger partial charge in [-0.25, -0.2) is 14.2 Å². The maximum Gasteiger partial charge on any atom is 0.417 e. The highest BCUT2D eigenvalue weighted by Gasteiger charge is 2.35. The lowest BCUT2D eigenvalue weighted by Gasteiger charge is -2.16. The van der Waals surface area contributed by atoms with E-state index in [2.05, 4.69) is 5.10 Å². The molecule has 0 saturated carbocycles. The first kappa shape index (κ1) is 19.5. The lowest BCUT2D eigenvalue weighted by molar-refractivity contribution is -0.137. The predicted octanol–water partition coefficient (Wildman–Crippen LogP) is 3.75. The summed E-state index contributed by atoms with van der Waals surface area (Å²) in [7, 11) is 1.31. The van der Waals surface area contributed by atoms with Crippen LogP contribution in [0, 0.1) is 11.6 Å². The predicted molar refractivity (Wildman–Crippen MR) is 84.4 cm³/mol. The second-order valence-electron chi connectivity index (χ2n) is 5.12. The lowest BCUT2D eigenvalue weighted by Crippen LogP contribution is -2.16. The van der Waals surface area contributed by atoms with Crippen molar-refractivity contribution in [2.75, 3.05) is 13.7 Å². The topological polar surface area (TPSA) is 50.7 Å². The summed E-state index contributed by atoms with van der Waals surface area (Å²) in [4.78, 5) is 10.4. The molecule has 0 bridgehead atoms. The van der Waals surface area contributed by atoms with Gasteiger partial charge in [0.25, 0.3) is 0 Å². The van der Waals surface area contributed by atoms with Crippen LogP contribution in [0.15, 0.2) is 41.5 Å². The number of methoxy groups -OCH3 is 1. The molecule has 0 unspecified atom stereocenters. The third kappa shape index (κ3) is 4.42. The van der Waals surface area contributed by atoms with Crippen molar-refractivity contribution in [3.8, 4) is 11.1 Å². The molecule has 0 saturated heterocycles. The van der Waals surface area contributed by atoms with Gasteiger partial charge in [0, 0.05) is 24.3 Å². The first-order valence-electron chi connectivity index (χ1n) is 7.19. The first-order chi connectivity index (χ1) is 12.3. The molecule has 9 heteroatoms. The summed E-state index contributed by atoms with van der Waals surface area (Å²) in [6.45, 7) is -0.164. The number of ether oxygens (including phenoxy) is 1. The minimum absolute atomic E-state index is 0.0276. The Morgan fingerprint density at radius 1 is 1.15 bits per heavy atom. The lowest BCUT2D eigenvalue weighted by atomic mass is 9.95. The molecule has 0 spiro atoms. The number of hydrogen-bond acceptors (Lipinski definition) is 3. The minimum Gasteiger partial charge on any atom is -0.378 e. The van der Waals surface area contributed by atoms with Crippen molar-refractivity contribution in [2.45, 2.75) is 6.18 Å². The first-order valence-corrected chi connectivity index (χ1v) is 7.19. The Hall–Kier alpha value is -2.81. The third-order valence-corrected chi connectivity index (χ3v) is 3.41. The Balaban J connectivity index is 2.63. The molecule has 2 aromatic carbocycles. The molecule has 0 fully saturated rings. The zero-order valence-corrected chi connectivity index (χ0v) is 13.4. The van der Waals surface area contributed by atoms with E-state index in [-0.39, 0.29) is 29.9 Å². The SMILES string of the molecule is COC/C(=N\NC=O)c1ccc(-c2ccc(F)cc2F)c(C(F)(F)F)c1. The fourth-order valence-corrected chi connectivity index (χ4v) is 2.32. The number of hydrogen-bond donors (Lipinski definition) is 1. The number of alkyl halides is 3. The fraction of sp³-hybridized carbons (Fsp3) is 0.176. The van der Waals surface area contributed by atoms with Crippen molar-refractivity contribution in [2.24, 2.45) is 5.10 Å². The highest BCUT2D eigenvalue weighted by atomic mass is 19.4. The van der Waals surface area contributed by atoms with Crippen molar-refractivity contribution in [1.82, 2.24) is 5.43 Å². The van der Waals surface area contributed by atoms with Crippen LogP contribution in [-0.4, -0.2) is 25.8 Å². The fourth-order valence-electron chi connectivity index (χ4n) is 2.32. The smallest absolute Gasteiger partial charge is 0.378 e. The molecule has 138 valence electrons. The van der Waals surface area contributed by atoms with E-state index in [0.29, 0.717) is 6.07 Å². The summed E-state index contributed by atoms with van der Waals surface area (Å²) < 4.78 is 72.3. The van der Waals surface area contributed by atoms with Gasteiger partial charge in [-0.3, -0.25) is 4.79 Å². The Labute approximate surface area is 145 Å². The molecule has 0 aliphatic heterocycles. The molecule has 26 heavy (non-hydrogen) atoms. The Morgan fingerprint density at radius 3 is 2.42 bits per heavy atom. The second-order valence-corrected chi connectivity index (χ2v) is 5.12. The molecule has 0 atom stereocenters. The molecule has 0 radical (unpaired) electrons. The number of nitrogens with one attached hydrogen (secondary N) is 1. The van der Waals surface area contributed by atoms with E-state index in [1.165, 1.54) is 13.2 Å². The second kappa shape index (κ2) is 8.05. The zero-order chi connectivity index (χ0) is 19.3. The van der Waals surface area contributed by atoms with Crippen LogP contribution in [0.1, 0.15) is 11.1 Å². The highest BCUT2D eigenvalue weighted by Crippen LogP contribution is 2.38. The normalized spacial score (nSPS) is 12.2. The van der Waals surface area contributed by atoms with Gasteiger partial charge in [0.15, 0.2) is 0 Å². The molecule has 1 amide bonds. The van der Waals surface area contributed by atoms with Gasteiger partial charge in [-0.2, -0.15) is 18.3 Å². The van der Waals surface area contributed by atoms with E-state index in [1.807, 2.05) is 5.43 Å². The molecular weight excluding hydrogens is 359 g/mol. The number of halogens is 5. The van der Waals surface area contributed by atoms with E-state index >= 15 is 0 Å². The Bertz CT molecular complexity index is 834. The molecular formula is C17H13F5N2O2. The van der Waals surface area contributed by atoms with Crippen molar-refractivity contribution in [3.05, 3.63) is 59.2 Å². The molecule has 4 nitrogen and oxygen atoms in total. The summed E-state index contributed by atoms with van der Waals surface area (Å²) in [6, 6.07) is 5.42. The van der Waals surface area contributed by atoms with Gasteiger partial charge in [0.2, 0.25) is 6.41 Å². The zero-order valence-electron chi connectivity index (χ0n) is 13.4. The number of carbonyl (C=O) groups excluding carboxylic acids is 1. The summed E-state index contributed by atoms with van der Waals surface area (Å²) in [6.07, 6.45) is -4.55. The number of rotatable bonds is 6. The van der Waals surface area contributed by atoms with Gasteiger partial charge in [-0.1, -0.05) is 12.1 Å². The van der Waals surface area contributed by atoms with Crippen LogP contribution in [-0.2, 0) is 15.7 Å². The highest BCUT2D eigenvalue weighted by molar-refractivity contribution is 6.02. The third-order valence-electron chi connectivity index (χ3n) is 3.41. The van der Waals surface area contributed by atoms with Gasteiger partial charge >= 0.3 is 6.18 Å². The van der Waals surface area contributed by atoms with E-state index in [4.69, 9.17) is 4.74 Å². The Kier molecular flexibility index (Phi) is 6.04. The van der Waals surface area contributed by atoms with Crippen molar-refractivity contribution in [1.29, 1.82) is 0 Å². The van der Waals surface area contributed by atoms with Gasteiger partial charge < -0.3 is 4.74 Å². The van der Waals surface area contributed by atoms with E-state index in [0.717, 1.165) is 24.3 Å². The van der Waals surface area contributed by atoms with Crippen molar-refractivity contribution in [3.63, 3.8) is 0 Å². The molecule has 2 aromatic rings. The van der Waals surface area contributed by atoms with E-state index in [9.17, 15) is 26.7 Å². The van der Waals surface area contributed by atoms with Crippen LogP contribution < -0.4 is 5.43 Å². The number of carbonyl (C=O) groups is 1. The Morgan fingerprint density at radius 2 is 1.85 bits per heavy atom. The maximum atomic E-state index is 14.0. The van der Waals surface area contributed by atoms with Crippen LogP contribution in [0.5, 0.6) is 0 Å².